The molecule has 0 saturated carbocycles. The van der Waals surface area contributed by atoms with E-state index in [-0.39, 0.29) is 11.9 Å². The second-order valence-corrected chi connectivity index (χ2v) is 5.15. The largest absolute Gasteiger partial charge is 0.338 e. The highest BCUT2D eigenvalue weighted by Crippen LogP contribution is 2.20. The predicted molar refractivity (Wildman–Crippen MR) is 86.6 cm³/mol. The SMILES string of the molecule is CCCCCCNC(=O)Nc1cc(NC(C)=O)ccc1C. The molecule has 0 heterocycles. The molecule has 5 heteroatoms. The minimum absolute atomic E-state index is 0.134. The lowest BCUT2D eigenvalue weighted by Gasteiger charge is -2.12. The van der Waals surface area contributed by atoms with E-state index < -0.39 is 0 Å². The van der Waals surface area contributed by atoms with Crippen LogP contribution < -0.4 is 16.0 Å². The fourth-order valence-corrected chi connectivity index (χ4v) is 1.96. The molecule has 116 valence electrons. The van der Waals surface area contributed by atoms with Crippen molar-refractivity contribution in [2.75, 3.05) is 17.2 Å². The summed E-state index contributed by atoms with van der Waals surface area (Å²) in [5.74, 6) is -0.134. The standard InChI is InChI=1S/C16H25N3O2/c1-4-5-6-7-10-17-16(21)19-15-11-14(18-13(3)20)9-8-12(15)2/h8-9,11H,4-7,10H2,1-3H3,(H,18,20)(H2,17,19,21). The van der Waals surface area contributed by atoms with Crippen LogP contribution in [0.25, 0.3) is 0 Å². The molecule has 0 atom stereocenters. The molecular formula is C16H25N3O2. The van der Waals surface area contributed by atoms with Crippen molar-refractivity contribution < 1.29 is 9.59 Å². The maximum atomic E-state index is 11.8. The quantitative estimate of drug-likeness (QED) is 0.671. The second kappa shape index (κ2) is 9.00. The third kappa shape index (κ3) is 6.79. The maximum absolute atomic E-state index is 11.8. The number of carbonyl (C=O) groups is 2. The van der Waals surface area contributed by atoms with Gasteiger partial charge in [0.2, 0.25) is 5.91 Å². The molecule has 0 bridgehead atoms. The number of hydrogen-bond donors (Lipinski definition) is 3. The first kappa shape index (κ1) is 17.0. The van der Waals surface area contributed by atoms with Gasteiger partial charge >= 0.3 is 6.03 Å². The van der Waals surface area contributed by atoms with Gasteiger partial charge in [-0.1, -0.05) is 32.3 Å². The molecule has 0 fully saturated rings. The van der Waals surface area contributed by atoms with E-state index in [1.54, 1.807) is 6.07 Å². The Bertz CT molecular complexity index is 486. The molecule has 1 aromatic rings. The Labute approximate surface area is 126 Å². The molecule has 3 amide bonds. The minimum atomic E-state index is -0.213. The lowest BCUT2D eigenvalue weighted by molar-refractivity contribution is -0.114. The zero-order chi connectivity index (χ0) is 15.7. The number of anilines is 2. The van der Waals surface area contributed by atoms with Crippen molar-refractivity contribution in [3.8, 4) is 0 Å². The second-order valence-electron chi connectivity index (χ2n) is 5.15. The summed E-state index contributed by atoms with van der Waals surface area (Å²) in [6.07, 6.45) is 4.50. The zero-order valence-electron chi connectivity index (χ0n) is 13.1. The van der Waals surface area contributed by atoms with Crippen LogP contribution in [0, 0.1) is 6.92 Å². The minimum Gasteiger partial charge on any atom is -0.338 e. The Kier molecular flexibility index (Phi) is 7.29. The monoisotopic (exact) mass is 291 g/mol. The van der Waals surface area contributed by atoms with Crippen LogP contribution in [-0.4, -0.2) is 18.5 Å². The molecule has 21 heavy (non-hydrogen) atoms. The highest BCUT2D eigenvalue weighted by atomic mass is 16.2. The molecule has 0 aliphatic rings. The summed E-state index contributed by atoms with van der Waals surface area (Å²) in [5.41, 5.74) is 2.32. The van der Waals surface area contributed by atoms with Crippen LogP contribution in [0.5, 0.6) is 0 Å². The molecule has 0 aliphatic carbocycles. The number of amides is 3. The molecule has 0 aromatic heterocycles. The van der Waals surface area contributed by atoms with Gasteiger partial charge in [-0.15, -0.1) is 0 Å². The summed E-state index contributed by atoms with van der Waals surface area (Å²) in [5, 5.41) is 8.35. The highest BCUT2D eigenvalue weighted by molar-refractivity contribution is 5.93. The predicted octanol–water partition coefficient (Wildman–Crippen LogP) is 3.66. The normalized spacial score (nSPS) is 10.0. The van der Waals surface area contributed by atoms with Gasteiger partial charge in [-0.05, 0) is 31.0 Å². The number of benzene rings is 1. The Balaban J connectivity index is 2.49. The molecule has 1 rings (SSSR count). The van der Waals surface area contributed by atoms with E-state index in [0.29, 0.717) is 17.9 Å². The van der Waals surface area contributed by atoms with Gasteiger partial charge < -0.3 is 16.0 Å². The molecule has 0 aliphatic heterocycles. The summed E-state index contributed by atoms with van der Waals surface area (Å²) in [4.78, 5) is 22.9. The molecule has 3 N–H and O–H groups in total. The Morgan fingerprint density at radius 3 is 2.52 bits per heavy atom. The van der Waals surface area contributed by atoms with Crippen molar-refractivity contribution in [1.82, 2.24) is 5.32 Å². The summed E-state index contributed by atoms with van der Waals surface area (Å²) < 4.78 is 0. The summed E-state index contributed by atoms with van der Waals surface area (Å²) in [7, 11) is 0. The Morgan fingerprint density at radius 1 is 1.10 bits per heavy atom. The number of urea groups is 1. The number of nitrogens with one attached hydrogen (secondary N) is 3. The van der Waals surface area contributed by atoms with Crippen molar-refractivity contribution in [2.24, 2.45) is 0 Å². The van der Waals surface area contributed by atoms with E-state index >= 15 is 0 Å². The third-order valence-corrected chi connectivity index (χ3v) is 3.12. The summed E-state index contributed by atoms with van der Waals surface area (Å²) in [6, 6.07) is 5.22. The lowest BCUT2D eigenvalue weighted by atomic mass is 10.2. The van der Waals surface area contributed by atoms with E-state index in [0.717, 1.165) is 18.4 Å². The average Bonchev–Trinajstić information content (AvgIpc) is 2.42. The highest BCUT2D eigenvalue weighted by Gasteiger charge is 2.05. The zero-order valence-corrected chi connectivity index (χ0v) is 13.1. The summed E-state index contributed by atoms with van der Waals surface area (Å²) >= 11 is 0. The third-order valence-electron chi connectivity index (χ3n) is 3.12. The van der Waals surface area contributed by atoms with Gasteiger partial charge in [0.15, 0.2) is 0 Å². The first-order chi connectivity index (χ1) is 10.0. The van der Waals surface area contributed by atoms with Crippen LogP contribution in [0.4, 0.5) is 16.2 Å². The van der Waals surface area contributed by atoms with Crippen LogP contribution in [0.1, 0.15) is 45.1 Å². The van der Waals surface area contributed by atoms with Gasteiger partial charge in [-0.3, -0.25) is 4.79 Å². The molecular weight excluding hydrogens is 266 g/mol. The van der Waals surface area contributed by atoms with Crippen molar-refractivity contribution in [3.63, 3.8) is 0 Å². The van der Waals surface area contributed by atoms with E-state index in [1.165, 1.54) is 19.8 Å². The molecule has 0 spiro atoms. The van der Waals surface area contributed by atoms with Crippen LogP contribution in [0.3, 0.4) is 0 Å². The smallest absolute Gasteiger partial charge is 0.319 e. The van der Waals surface area contributed by atoms with Crippen molar-refractivity contribution >= 4 is 23.3 Å². The fourth-order valence-electron chi connectivity index (χ4n) is 1.96. The number of aryl methyl sites for hydroxylation is 1. The van der Waals surface area contributed by atoms with Gasteiger partial charge in [0, 0.05) is 24.8 Å². The summed E-state index contributed by atoms with van der Waals surface area (Å²) in [6.45, 7) is 6.20. The molecule has 0 radical (unpaired) electrons. The van der Waals surface area contributed by atoms with Gasteiger partial charge in [0.25, 0.3) is 0 Å². The number of rotatable bonds is 7. The van der Waals surface area contributed by atoms with Gasteiger partial charge in [-0.2, -0.15) is 0 Å². The van der Waals surface area contributed by atoms with E-state index in [4.69, 9.17) is 0 Å². The van der Waals surface area contributed by atoms with Crippen LogP contribution in [0.15, 0.2) is 18.2 Å². The molecule has 0 saturated heterocycles. The number of carbonyl (C=O) groups excluding carboxylic acids is 2. The van der Waals surface area contributed by atoms with E-state index in [1.807, 2.05) is 19.1 Å². The molecule has 1 aromatic carbocycles. The van der Waals surface area contributed by atoms with E-state index in [9.17, 15) is 9.59 Å². The molecule has 5 nitrogen and oxygen atoms in total. The molecule has 0 unspecified atom stereocenters. The van der Waals surface area contributed by atoms with Crippen molar-refractivity contribution in [1.29, 1.82) is 0 Å². The Hall–Kier alpha value is -2.04. The first-order valence-corrected chi connectivity index (χ1v) is 7.46. The number of hydrogen-bond acceptors (Lipinski definition) is 2. The van der Waals surface area contributed by atoms with Gasteiger partial charge in [0.1, 0.15) is 0 Å². The average molecular weight is 291 g/mol. The number of unbranched alkanes of at least 4 members (excludes halogenated alkanes) is 3. The van der Waals surface area contributed by atoms with Crippen LogP contribution in [0.2, 0.25) is 0 Å². The van der Waals surface area contributed by atoms with Gasteiger partial charge in [-0.25, -0.2) is 4.79 Å². The van der Waals surface area contributed by atoms with Crippen molar-refractivity contribution in [2.45, 2.75) is 46.5 Å². The van der Waals surface area contributed by atoms with Crippen LogP contribution >= 0.6 is 0 Å². The van der Waals surface area contributed by atoms with Crippen LogP contribution in [-0.2, 0) is 4.79 Å². The fraction of sp³-hybridized carbons (Fsp3) is 0.500. The van der Waals surface area contributed by atoms with Gasteiger partial charge in [0.05, 0.1) is 0 Å². The van der Waals surface area contributed by atoms with E-state index in [2.05, 4.69) is 22.9 Å². The Morgan fingerprint density at radius 2 is 1.86 bits per heavy atom. The first-order valence-electron chi connectivity index (χ1n) is 7.46. The lowest BCUT2D eigenvalue weighted by Crippen LogP contribution is -2.29. The van der Waals surface area contributed by atoms with Crippen molar-refractivity contribution in [3.05, 3.63) is 23.8 Å². The maximum Gasteiger partial charge on any atom is 0.319 e. The topological polar surface area (TPSA) is 70.2 Å².